The minimum Gasteiger partial charge on any atom is -0.379 e. The van der Waals surface area contributed by atoms with Crippen LogP contribution in [0.4, 0.5) is 0 Å². The zero-order valence-electron chi connectivity index (χ0n) is 9.74. The summed E-state index contributed by atoms with van der Waals surface area (Å²) in [6, 6.07) is 0.0458. The van der Waals surface area contributed by atoms with Gasteiger partial charge in [-0.3, -0.25) is 4.79 Å². The van der Waals surface area contributed by atoms with Crippen LogP contribution in [0.25, 0.3) is 0 Å². The number of likely N-dealkylation sites (tertiary alicyclic amines) is 1. The average Bonchev–Trinajstić information content (AvgIpc) is 2.44. The minimum atomic E-state index is 0.0458. The fourth-order valence-corrected chi connectivity index (χ4v) is 1.74. The summed E-state index contributed by atoms with van der Waals surface area (Å²) in [5, 5.41) is 0. The third-order valence-corrected chi connectivity index (χ3v) is 2.52. The maximum absolute atomic E-state index is 11.4. The lowest BCUT2D eigenvalue weighted by molar-refractivity contribution is -0.127. The molecule has 0 aliphatic carbocycles. The highest BCUT2D eigenvalue weighted by Gasteiger charge is 2.25. The lowest BCUT2D eigenvalue weighted by Gasteiger charge is -2.15. The highest BCUT2D eigenvalue weighted by atomic mass is 16.5. The van der Waals surface area contributed by atoms with Gasteiger partial charge in [0.1, 0.15) is 0 Å². The van der Waals surface area contributed by atoms with E-state index in [1.807, 2.05) is 18.7 Å². The molecule has 0 saturated carbocycles. The van der Waals surface area contributed by atoms with Gasteiger partial charge in [-0.2, -0.15) is 0 Å². The van der Waals surface area contributed by atoms with E-state index in [0.717, 1.165) is 32.5 Å². The Morgan fingerprint density at radius 2 is 2.27 bits per heavy atom. The van der Waals surface area contributed by atoms with Crippen molar-refractivity contribution >= 4 is 5.91 Å². The number of amides is 1. The van der Waals surface area contributed by atoms with Gasteiger partial charge in [-0.05, 0) is 26.7 Å². The fourth-order valence-electron chi connectivity index (χ4n) is 1.74. The van der Waals surface area contributed by atoms with E-state index in [-0.39, 0.29) is 11.9 Å². The molecule has 1 aliphatic rings. The number of ether oxygens (including phenoxy) is 1. The van der Waals surface area contributed by atoms with Crippen LogP contribution < -0.4 is 5.73 Å². The molecule has 1 atom stereocenters. The van der Waals surface area contributed by atoms with Crippen molar-refractivity contribution in [1.82, 2.24) is 4.90 Å². The van der Waals surface area contributed by atoms with Crippen LogP contribution in [0.15, 0.2) is 0 Å². The van der Waals surface area contributed by atoms with Gasteiger partial charge in [-0.1, -0.05) is 0 Å². The zero-order valence-corrected chi connectivity index (χ0v) is 9.74. The Balaban J connectivity index is 2.03. The molecule has 1 amide bonds. The topological polar surface area (TPSA) is 55.6 Å². The largest absolute Gasteiger partial charge is 0.379 e. The smallest absolute Gasteiger partial charge is 0.224 e. The van der Waals surface area contributed by atoms with E-state index in [4.69, 9.17) is 10.5 Å². The van der Waals surface area contributed by atoms with Gasteiger partial charge in [0.05, 0.1) is 6.10 Å². The molecular formula is C11H22N2O2. The molecule has 1 unspecified atom stereocenters. The molecule has 0 aromatic rings. The Hall–Kier alpha value is -0.610. The molecule has 0 aromatic carbocycles. The van der Waals surface area contributed by atoms with Gasteiger partial charge in [0.25, 0.3) is 0 Å². The third kappa shape index (κ3) is 4.62. The monoisotopic (exact) mass is 214 g/mol. The summed E-state index contributed by atoms with van der Waals surface area (Å²) >= 11 is 0. The molecule has 1 aliphatic heterocycles. The summed E-state index contributed by atoms with van der Waals surface area (Å²) in [6.07, 6.45) is 2.83. The van der Waals surface area contributed by atoms with Gasteiger partial charge in [0.2, 0.25) is 5.91 Å². The predicted octanol–water partition coefficient (Wildman–Crippen LogP) is 0.751. The Morgan fingerprint density at radius 3 is 2.80 bits per heavy atom. The lowest BCUT2D eigenvalue weighted by Crippen LogP contribution is -2.29. The molecule has 1 rings (SSSR count). The highest BCUT2D eigenvalue weighted by molar-refractivity contribution is 5.79. The number of carbonyl (C=O) groups excluding carboxylic acids is 1. The Labute approximate surface area is 91.8 Å². The molecule has 88 valence electrons. The van der Waals surface area contributed by atoms with E-state index in [9.17, 15) is 4.79 Å². The Morgan fingerprint density at radius 1 is 1.53 bits per heavy atom. The van der Waals surface area contributed by atoms with E-state index in [2.05, 4.69) is 0 Å². The maximum atomic E-state index is 11.4. The first kappa shape index (κ1) is 12.5. The van der Waals surface area contributed by atoms with Gasteiger partial charge in [-0.15, -0.1) is 0 Å². The van der Waals surface area contributed by atoms with Crippen molar-refractivity contribution in [2.75, 3.05) is 19.7 Å². The van der Waals surface area contributed by atoms with E-state index in [0.29, 0.717) is 12.5 Å². The van der Waals surface area contributed by atoms with Crippen molar-refractivity contribution in [3.63, 3.8) is 0 Å². The van der Waals surface area contributed by atoms with Gasteiger partial charge < -0.3 is 15.4 Å². The molecule has 4 heteroatoms. The molecule has 0 spiro atoms. The van der Waals surface area contributed by atoms with Crippen molar-refractivity contribution in [3.8, 4) is 0 Å². The summed E-state index contributed by atoms with van der Waals surface area (Å²) in [7, 11) is 0. The third-order valence-electron chi connectivity index (χ3n) is 2.52. The standard InChI is InChI=1S/C11H22N2O2/c1-9(2)15-6-4-3-5-13-8-10(12)7-11(13)14/h9-10H,3-8,12H2,1-2H3. The van der Waals surface area contributed by atoms with Crippen molar-refractivity contribution in [3.05, 3.63) is 0 Å². The van der Waals surface area contributed by atoms with E-state index in [1.54, 1.807) is 0 Å². The minimum absolute atomic E-state index is 0.0458. The quantitative estimate of drug-likeness (QED) is 0.664. The first-order chi connectivity index (χ1) is 7.09. The fraction of sp³-hybridized carbons (Fsp3) is 0.909. The van der Waals surface area contributed by atoms with Crippen LogP contribution in [0.3, 0.4) is 0 Å². The summed E-state index contributed by atoms with van der Waals surface area (Å²) < 4.78 is 5.43. The van der Waals surface area contributed by atoms with Gasteiger partial charge in [-0.25, -0.2) is 0 Å². The predicted molar refractivity (Wildman–Crippen MR) is 59.5 cm³/mol. The average molecular weight is 214 g/mol. The first-order valence-corrected chi connectivity index (χ1v) is 5.74. The lowest BCUT2D eigenvalue weighted by atomic mass is 10.3. The molecule has 2 N–H and O–H groups in total. The first-order valence-electron chi connectivity index (χ1n) is 5.74. The van der Waals surface area contributed by atoms with Crippen LogP contribution in [-0.4, -0.2) is 42.6 Å². The van der Waals surface area contributed by atoms with E-state index in [1.165, 1.54) is 0 Å². The Bertz CT molecular complexity index is 207. The number of hydrogen-bond donors (Lipinski definition) is 1. The van der Waals surface area contributed by atoms with E-state index >= 15 is 0 Å². The second-order valence-corrected chi connectivity index (χ2v) is 4.43. The molecule has 1 fully saturated rings. The molecule has 4 nitrogen and oxygen atoms in total. The number of nitrogens with two attached hydrogens (primary N) is 1. The van der Waals surface area contributed by atoms with Crippen LogP contribution in [0.5, 0.6) is 0 Å². The number of unbranched alkanes of at least 4 members (excludes halogenated alkanes) is 1. The molecule has 15 heavy (non-hydrogen) atoms. The van der Waals surface area contributed by atoms with Crippen molar-refractivity contribution in [2.45, 2.75) is 45.3 Å². The van der Waals surface area contributed by atoms with Gasteiger partial charge in [0, 0.05) is 32.2 Å². The van der Waals surface area contributed by atoms with Crippen LogP contribution in [-0.2, 0) is 9.53 Å². The maximum Gasteiger partial charge on any atom is 0.224 e. The molecule has 0 radical (unpaired) electrons. The van der Waals surface area contributed by atoms with Crippen LogP contribution in [0.1, 0.15) is 33.1 Å². The van der Waals surface area contributed by atoms with Crippen molar-refractivity contribution in [1.29, 1.82) is 0 Å². The highest BCUT2D eigenvalue weighted by Crippen LogP contribution is 2.10. The molecule has 0 bridgehead atoms. The van der Waals surface area contributed by atoms with Crippen LogP contribution >= 0.6 is 0 Å². The van der Waals surface area contributed by atoms with E-state index < -0.39 is 0 Å². The number of rotatable bonds is 6. The summed E-state index contributed by atoms with van der Waals surface area (Å²) in [4.78, 5) is 13.2. The van der Waals surface area contributed by atoms with Crippen molar-refractivity contribution < 1.29 is 9.53 Å². The SMILES string of the molecule is CC(C)OCCCCN1CC(N)CC1=O. The molecule has 0 aromatic heterocycles. The number of nitrogens with zero attached hydrogens (tertiary/aromatic N) is 1. The molecule has 1 saturated heterocycles. The summed E-state index contributed by atoms with van der Waals surface area (Å²) in [5.41, 5.74) is 5.70. The van der Waals surface area contributed by atoms with Gasteiger partial charge >= 0.3 is 0 Å². The zero-order chi connectivity index (χ0) is 11.3. The number of hydrogen-bond acceptors (Lipinski definition) is 3. The molecule has 1 heterocycles. The Kier molecular flexibility index (Phi) is 5.05. The second-order valence-electron chi connectivity index (χ2n) is 4.43. The second kappa shape index (κ2) is 6.08. The summed E-state index contributed by atoms with van der Waals surface area (Å²) in [6.45, 7) is 6.40. The normalized spacial score (nSPS) is 21.7. The molecular weight excluding hydrogens is 192 g/mol. The number of carbonyl (C=O) groups is 1. The van der Waals surface area contributed by atoms with Crippen LogP contribution in [0.2, 0.25) is 0 Å². The van der Waals surface area contributed by atoms with Crippen molar-refractivity contribution in [2.24, 2.45) is 5.73 Å². The summed E-state index contributed by atoms with van der Waals surface area (Å²) in [5.74, 6) is 0.201. The van der Waals surface area contributed by atoms with Gasteiger partial charge in [0.15, 0.2) is 0 Å². The van der Waals surface area contributed by atoms with Crippen LogP contribution in [0, 0.1) is 0 Å².